The van der Waals surface area contributed by atoms with Crippen LogP contribution in [0.25, 0.3) is 0 Å². The van der Waals surface area contributed by atoms with E-state index in [1.807, 2.05) is 19.9 Å². The van der Waals surface area contributed by atoms with Gasteiger partial charge in [-0.3, -0.25) is 9.59 Å². The Kier molecular flexibility index (Phi) is 7.85. The van der Waals surface area contributed by atoms with Gasteiger partial charge in [0, 0.05) is 16.7 Å². The third-order valence-corrected chi connectivity index (χ3v) is 11.5. The van der Waals surface area contributed by atoms with Gasteiger partial charge in [0.2, 0.25) is 0 Å². The van der Waals surface area contributed by atoms with Crippen molar-refractivity contribution in [2.45, 2.75) is 114 Å². The molecule has 234 valence electrons. The van der Waals surface area contributed by atoms with Crippen molar-refractivity contribution in [1.29, 1.82) is 0 Å². The highest BCUT2D eigenvalue weighted by molar-refractivity contribution is 6.01. The predicted molar refractivity (Wildman–Crippen MR) is 145 cm³/mol. The molecule has 0 amide bonds. The van der Waals surface area contributed by atoms with Gasteiger partial charge in [0.1, 0.15) is 31.0 Å². The normalized spacial score (nSPS) is 51.4. The lowest BCUT2D eigenvalue weighted by atomic mass is 9.46. The molecule has 6 aliphatic rings. The van der Waals surface area contributed by atoms with E-state index in [1.54, 1.807) is 12.2 Å². The summed E-state index contributed by atoms with van der Waals surface area (Å²) < 4.78 is 24.2. The molecule has 11 heteroatoms. The van der Waals surface area contributed by atoms with Crippen molar-refractivity contribution < 1.29 is 54.1 Å². The number of Topliss-reactive ketones (excluding diaryl/α,β-unsaturated/α-hetero) is 1. The first-order valence-corrected chi connectivity index (χ1v) is 15.3. The van der Waals surface area contributed by atoms with Gasteiger partial charge in [0.05, 0.1) is 18.8 Å². The summed E-state index contributed by atoms with van der Waals surface area (Å²) in [5.74, 6) is -0.484. The van der Waals surface area contributed by atoms with Gasteiger partial charge in [-0.25, -0.2) is 0 Å². The van der Waals surface area contributed by atoms with Gasteiger partial charge in [-0.15, -0.1) is 0 Å². The van der Waals surface area contributed by atoms with Crippen molar-refractivity contribution >= 4 is 11.6 Å². The number of hydrogen-bond donors (Lipinski definition) is 5. The fraction of sp³-hybridized carbons (Fsp3) is 0.806. The van der Waals surface area contributed by atoms with Crippen LogP contribution in [0.15, 0.2) is 23.8 Å². The molecule has 5 fully saturated rings. The van der Waals surface area contributed by atoms with Crippen molar-refractivity contribution in [3.05, 3.63) is 23.8 Å². The van der Waals surface area contributed by atoms with Crippen LogP contribution in [-0.4, -0.2) is 105 Å². The molecule has 6 rings (SSSR count). The Morgan fingerprint density at radius 3 is 2.60 bits per heavy atom. The van der Waals surface area contributed by atoms with Gasteiger partial charge >= 0.3 is 0 Å². The molecule has 2 heterocycles. The summed E-state index contributed by atoms with van der Waals surface area (Å²) >= 11 is 0. The van der Waals surface area contributed by atoms with Crippen LogP contribution < -0.4 is 0 Å². The Bertz CT molecular complexity index is 1150. The molecule has 0 aromatic carbocycles. The van der Waals surface area contributed by atoms with E-state index in [-0.39, 0.29) is 23.5 Å². The lowest BCUT2D eigenvalue weighted by molar-refractivity contribution is -0.300. The number of fused-ring (bicyclic) bond motifs is 7. The fourth-order valence-corrected chi connectivity index (χ4v) is 9.48. The van der Waals surface area contributed by atoms with Crippen molar-refractivity contribution in [2.75, 3.05) is 13.2 Å². The third-order valence-electron chi connectivity index (χ3n) is 11.5. The molecule has 4 aliphatic carbocycles. The highest BCUT2D eigenvalue weighted by atomic mass is 16.7. The van der Waals surface area contributed by atoms with Crippen LogP contribution in [-0.2, 0) is 28.5 Å². The van der Waals surface area contributed by atoms with E-state index in [0.717, 1.165) is 24.8 Å². The lowest BCUT2D eigenvalue weighted by Gasteiger charge is -2.59. The lowest BCUT2D eigenvalue weighted by Crippen LogP contribution is -2.64. The Hall–Kier alpha value is -1.54. The molecule has 2 aliphatic heterocycles. The molecule has 42 heavy (non-hydrogen) atoms. The molecule has 5 N–H and O–H groups in total. The SMILES string of the molecule is CCCC1OC2C[C@H]3[C@@H]4CCC5=CC(=O)C=C[C@]5(C)[C@H]4[C@@H](O)C[C@]3(C)[C@]2(C(=O)COC2O[C@H](CO)[C@@H](O)[C@H](O)[C@H]2O)O1. The molecule has 0 aromatic heterocycles. The van der Waals surface area contributed by atoms with Gasteiger partial charge in [0.25, 0.3) is 0 Å². The molecule has 0 aromatic rings. The van der Waals surface area contributed by atoms with Crippen LogP contribution in [0.4, 0.5) is 0 Å². The summed E-state index contributed by atoms with van der Waals surface area (Å²) in [6.45, 7) is 4.98. The maximum absolute atomic E-state index is 14.3. The molecular weight excluding hydrogens is 548 g/mol. The van der Waals surface area contributed by atoms with E-state index < -0.39 is 84.6 Å². The fourth-order valence-electron chi connectivity index (χ4n) is 9.48. The highest BCUT2D eigenvalue weighted by Crippen LogP contribution is 2.69. The topological polar surface area (TPSA) is 172 Å². The Balaban J connectivity index is 1.29. The quantitative estimate of drug-likeness (QED) is 0.279. The van der Waals surface area contributed by atoms with Gasteiger partial charge in [0.15, 0.2) is 29.7 Å². The molecular formula is C31H44O11. The Morgan fingerprint density at radius 2 is 1.88 bits per heavy atom. The largest absolute Gasteiger partial charge is 0.394 e. The van der Waals surface area contributed by atoms with E-state index in [9.17, 15) is 35.1 Å². The minimum atomic E-state index is -1.64. The standard InChI is InChI=1S/C31H44O11/c1-4-5-23-41-22-11-18-17-7-6-15-10-16(33)8-9-29(15,2)24(17)19(34)12-30(18,3)31(22,42-23)21(35)14-39-28-27(38)26(37)25(36)20(13-32)40-28/h8-10,17-20,22-28,32,34,36-38H,4-7,11-14H2,1-3H3/t17-,18-,19-,20+,22?,23?,24+,25+,26-,27+,28?,29-,30-,31+/m0/s1. The second kappa shape index (κ2) is 10.8. The zero-order chi connectivity index (χ0) is 30.2. The number of ketones is 2. The number of carbonyl (C=O) groups excluding carboxylic acids is 2. The van der Waals surface area contributed by atoms with Crippen molar-refractivity contribution in [3.8, 4) is 0 Å². The van der Waals surface area contributed by atoms with Crippen LogP contribution in [0.5, 0.6) is 0 Å². The van der Waals surface area contributed by atoms with E-state index in [4.69, 9.17) is 18.9 Å². The van der Waals surface area contributed by atoms with Crippen LogP contribution in [0, 0.1) is 28.6 Å². The maximum atomic E-state index is 14.3. The third kappa shape index (κ3) is 4.27. The molecule has 0 spiro atoms. The molecule has 3 saturated carbocycles. The number of hydrogen-bond acceptors (Lipinski definition) is 11. The average molecular weight is 593 g/mol. The molecule has 0 radical (unpaired) electrons. The number of ether oxygens (including phenoxy) is 4. The Labute approximate surface area is 245 Å². The first kappa shape index (κ1) is 30.5. The van der Waals surface area contributed by atoms with Crippen LogP contribution >= 0.6 is 0 Å². The van der Waals surface area contributed by atoms with Crippen LogP contribution in [0.2, 0.25) is 0 Å². The Morgan fingerprint density at radius 1 is 1.12 bits per heavy atom. The van der Waals surface area contributed by atoms with Gasteiger partial charge in [-0.2, -0.15) is 0 Å². The number of aliphatic hydroxyl groups is 5. The molecule has 2 saturated heterocycles. The van der Waals surface area contributed by atoms with Crippen molar-refractivity contribution in [1.82, 2.24) is 0 Å². The summed E-state index contributed by atoms with van der Waals surface area (Å²) in [5, 5.41) is 52.1. The first-order chi connectivity index (χ1) is 19.9. The van der Waals surface area contributed by atoms with Crippen molar-refractivity contribution in [2.24, 2.45) is 28.6 Å². The predicted octanol–water partition coefficient (Wildman–Crippen LogP) is 0.541. The van der Waals surface area contributed by atoms with E-state index in [2.05, 4.69) is 6.92 Å². The van der Waals surface area contributed by atoms with Gasteiger partial charge < -0.3 is 44.5 Å². The summed E-state index contributed by atoms with van der Waals surface area (Å²) in [6, 6.07) is 0. The minimum Gasteiger partial charge on any atom is -0.394 e. The smallest absolute Gasteiger partial charge is 0.193 e. The zero-order valence-corrected chi connectivity index (χ0v) is 24.4. The highest BCUT2D eigenvalue weighted by Gasteiger charge is 2.75. The molecule has 11 nitrogen and oxygen atoms in total. The summed E-state index contributed by atoms with van der Waals surface area (Å²) in [5.41, 5.74) is -1.60. The minimum absolute atomic E-state index is 0.000843. The molecule has 0 bridgehead atoms. The van der Waals surface area contributed by atoms with Gasteiger partial charge in [-0.1, -0.05) is 38.8 Å². The number of allylic oxidation sites excluding steroid dienone is 4. The van der Waals surface area contributed by atoms with E-state index >= 15 is 0 Å². The summed E-state index contributed by atoms with van der Waals surface area (Å²) in [4.78, 5) is 26.5. The second-order valence-electron chi connectivity index (χ2n) is 13.6. The van der Waals surface area contributed by atoms with Gasteiger partial charge in [-0.05, 0) is 56.1 Å². The number of aliphatic hydroxyl groups excluding tert-OH is 5. The number of rotatable bonds is 7. The zero-order valence-electron chi connectivity index (χ0n) is 24.4. The second-order valence-corrected chi connectivity index (χ2v) is 13.6. The molecule has 14 atom stereocenters. The summed E-state index contributed by atoms with van der Waals surface area (Å²) in [7, 11) is 0. The van der Waals surface area contributed by atoms with Crippen LogP contribution in [0.1, 0.15) is 59.3 Å². The average Bonchev–Trinajstić information content (AvgIpc) is 3.43. The first-order valence-electron chi connectivity index (χ1n) is 15.3. The number of carbonyl (C=O) groups is 2. The van der Waals surface area contributed by atoms with E-state index in [1.165, 1.54) is 0 Å². The summed E-state index contributed by atoms with van der Waals surface area (Å²) in [6.07, 6.45) is -0.302. The maximum Gasteiger partial charge on any atom is 0.193 e. The monoisotopic (exact) mass is 592 g/mol. The molecule has 3 unspecified atom stereocenters. The van der Waals surface area contributed by atoms with Crippen molar-refractivity contribution in [3.63, 3.8) is 0 Å². The van der Waals surface area contributed by atoms with Crippen LogP contribution in [0.3, 0.4) is 0 Å². The van der Waals surface area contributed by atoms with E-state index in [0.29, 0.717) is 19.3 Å².